The van der Waals surface area contributed by atoms with Crippen LogP contribution in [0.1, 0.15) is 18.1 Å². The largest absolute Gasteiger partial charge is 0.479 e. The van der Waals surface area contributed by atoms with Gasteiger partial charge in [0.05, 0.1) is 0 Å². The summed E-state index contributed by atoms with van der Waals surface area (Å²) in [7, 11) is 0. The molecule has 15 heavy (non-hydrogen) atoms. The van der Waals surface area contributed by atoms with E-state index in [4.69, 9.17) is 16.7 Å². The van der Waals surface area contributed by atoms with E-state index in [9.17, 15) is 9.90 Å². The molecule has 0 aliphatic rings. The van der Waals surface area contributed by atoms with Gasteiger partial charge in [-0.1, -0.05) is 17.7 Å². The Labute approximate surface area is 93.3 Å². The molecule has 0 fully saturated rings. The highest BCUT2D eigenvalue weighted by Crippen LogP contribution is 2.20. The number of carboxylic acid groups (broad SMARTS) is 1. The van der Waals surface area contributed by atoms with Crippen LogP contribution >= 0.6 is 11.6 Å². The first-order valence-electron chi connectivity index (χ1n) is 4.54. The Bertz CT molecular complexity index is 385. The molecule has 2 N–H and O–H groups in total. The summed E-state index contributed by atoms with van der Waals surface area (Å²) in [5.41, 5.74) is -0.0747. The maximum atomic E-state index is 10.7. The first-order chi connectivity index (χ1) is 6.83. The zero-order valence-electron chi connectivity index (χ0n) is 8.62. The van der Waals surface area contributed by atoms with Crippen molar-refractivity contribution < 1.29 is 15.0 Å². The molecule has 4 heteroatoms. The summed E-state index contributed by atoms with van der Waals surface area (Å²) in [6, 6.07) is 5.16. The normalized spacial score (nSPS) is 14.7. The molecular weight excluding hydrogens is 216 g/mol. The number of aliphatic hydroxyl groups is 1. The standard InChI is InChI=1S/C11H13ClO3/c1-7-5-9(12)4-3-8(7)6-11(2,15)10(13)14/h3-5,15H,6H2,1-2H3,(H,13,14). The van der Waals surface area contributed by atoms with E-state index in [0.717, 1.165) is 11.1 Å². The summed E-state index contributed by atoms with van der Waals surface area (Å²) in [5.74, 6) is -1.23. The first kappa shape index (κ1) is 12.0. The maximum Gasteiger partial charge on any atom is 0.335 e. The predicted molar refractivity (Wildman–Crippen MR) is 58.2 cm³/mol. The second-order valence-corrected chi connectivity index (χ2v) is 4.26. The lowest BCUT2D eigenvalue weighted by molar-refractivity contribution is -0.156. The van der Waals surface area contributed by atoms with E-state index in [0.29, 0.717) is 5.02 Å². The maximum absolute atomic E-state index is 10.7. The van der Waals surface area contributed by atoms with Crippen molar-refractivity contribution in [2.24, 2.45) is 0 Å². The molecule has 0 aromatic heterocycles. The highest BCUT2D eigenvalue weighted by atomic mass is 35.5. The van der Waals surface area contributed by atoms with Crippen molar-refractivity contribution in [3.05, 3.63) is 34.3 Å². The number of hydrogen-bond acceptors (Lipinski definition) is 2. The summed E-state index contributed by atoms with van der Waals surface area (Å²) in [4.78, 5) is 10.7. The van der Waals surface area contributed by atoms with Crippen molar-refractivity contribution in [3.8, 4) is 0 Å². The fourth-order valence-corrected chi connectivity index (χ4v) is 1.53. The van der Waals surface area contributed by atoms with E-state index in [1.807, 2.05) is 6.92 Å². The molecule has 0 radical (unpaired) electrons. The number of aryl methyl sites for hydroxylation is 1. The minimum absolute atomic E-state index is 0.0747. The summed E-state index contributed by atoms with van der Waals surface area (Å²) in [6.07, 6.45) is 0.0747. The molecule has 1 aromatic carbocycles. The average Bonchev–Trinajstić information content (AvgIpc) is 2.09. The van der Waals surface area contributed by atoms with Crippen LogP contribution in [-0.4, -0.2) is 21.8 Å². The highest BCUT2D eigenvalue weighted by Gasteiger charge is 2.30. The van der Waals surface area contributed by atoms with Gasteiger partial charge in [0.1, 0.15) is 0 Å². The van der Waals surface area contributed by atoms with Gasteiger partial charge in [-0.2, -0.15) is 0 Å². The van der Waals surface area contributed by atoms with Gasteiger partial charge in [-0.05, 0) is 37.1 Å². The number of carbonyl (C=O) groups is 1. The Morgan fingerprint density at radius 2 is 2.13 bits per heavy atom. The third-order valence-corrected chi connectivity index (χ3v) is 2.54. The van der Waals surface area contributed by atoms with Gasteiger partial charge in [-0.3, -0.25) is 0 Å². The summed E-state index contributed by atoms with van der Waals surface area (Å²) in [6.45, 7) is 3.11. The Hall–Kier alpha value is -1.06. The van der Waals surface area contributed by atoms with Gasteiger partial charge in [0, 0.05) is 11.4 Å². The van der Waals surface area contributed by atoms with Crippen LogP contribution in [0.25, 0.3) is 0 Å². The highest BCUT2D eigenvalue weighted by molar-refractivity contribution is 6.30. The second kappa shape index (κ2) is 4.21. The third kappa shape index (κ3) is 2.94. The molecule has 82 valence electrons. The second-order valence-electron chi connectivity index (χ2n) is 3.83. The molecule has 1 rings (SSSR count). The average molecular weight is 229 g/mol. The van der Waals surface area contributed by atoms with E-state index < -0.39 is 11.6 Å². The summed E-state index contributed by atoms with van der Waals surface area (Å²) < 4.78 is 0. The molecule has 1 unspecified atom stereocenters. The number of hydrogen-bond donors (Lipinski definition) is 2. The van der Waals surface area contributed by atoms with Gasteiger partial charge in [0.25, 0.3) is 0 Å². The monoisotopic (exact) mass is 228 g/mol. The van der Waals surface area contributed by atoms with Crippen LogP contribution < -0.4 is 0 Å². The van der Waals surface area contributed by atoms with Crippen LogP contribution in [0.5, 0.6) is 0 Å². The minimum atomic E-state index is -1.74. The SMILES string of the molecule is Cc1cc(Cl)ccc1CC(C)(O)C(=O)O. The number of carboxylic acids is 1. The van der Waals surface area contributed by atoms with Crippen molar-refractivity contribution in [2.45, 2.75) is 25.9 Å². The van der Waals surface area contributed by atoms with Crippen molar-refractivity contribution in [3.63, 3.8) is 0 Å². The number of rotatable bonds is 3. The molecule has 1 atom stereocenters. The summed E-state index contributed by atoms with van der Waals surface area (Å²) in [5, 5.41) is 19.0. The number of aliphatic carboxylic acids is 1. The Morgan fingerprint density at radius 3 is 2.60 bits per heavy atom. The molecule has 0 heterocycles. The zero-order valence-corrected chi connectivity index (χ0v) is 9.38. The van der Waals surface area contributed by atoms with E-state index in [-0.39, 0.29) is 6.42 Å². The van der Waals surface area contributed by atoms with Crippen LogP contribution in [0, 0.1) is 6.92 Å². The Kier molecular flexibility index (Phi) is 3.37. The van der Waals surface area contributed by atoms with E-state index >= 15 is 0 Å². The van der Waals surface area contributed by atoms with Crippen LogP contribution in [0.2, 0.25) is 5.02 Å². The quantitative estimate of drug-likeness (QED) is 0.832. The first-order valence-corrected chi connectivity index (χ1v) is 4.91. The molecule has 0 spiro atoms. The molecular formula is C11H13ClO3. The van der Waals surface area contributed by atoms with Gasteiger partial charge in [0.2, 0.25) is 0 Å². The fraction of sp³-hybridized carbons (Fsp3) is 0.364. The van der Waals surface area contributed by atoms with Crippen molar-refractivity contribution in [2.75, 3.05) is 0 Å². The van der Waals surface area contributed by atoms with Crippen molar-refractivity contribution >= 4 is 17.6 Å². The number of benzene rings is 1. The molecule has 0 aliphatic heterocycles. The van der Waals surface area contributed by atoms with Crippen molar-refractivity contribution in [1.82, 2.24) is 0 Å². The molecule has 3 nitrogen and oxygen atoms in total. The smallest absolute Gasteiger partial charge is 0.335 e. The molecule has 0 amide bonds. The number of halogens is 1. The van der Waals surface area contributed by atoms with Gasteiger partial charge in [-0.25, -0.2) is 4.79 Å². The van der Waals surface area contributed by atoms with Gasteiger partial charge >= 0.3 is 5.97 Å². The Morgan fingerprint density at radius 1 is 1.53 bits per heavy atom. The van der Waals surface area contributed by atoms with E-state index in [1.54, 1.807) is 18.2 Å². The molecule has 0 bridgehead atoms. The fourth-order valence-electron chi connectivity index (χ4n) is 1.30. The van der Waals surface area contributed by atoms with Crippen LogP contribution in [-0.2, 0) is 11.2 Å². The van der Waals surface area contributed by atoms with Crippen LogP contribution in [0.15, 0.2) is 18.2 Å². The summed E-state index contributed by atoms with van der Waals surface area (Å²) >= 11 is 5.77. The molecule has 0 aliphatic carbocycles. The van der Waals surface area contributed by atoms with Crippen molar-refractivity contribution in [1.29, 1.82) is 0 Å². The van der Waals surface area contributed by atoms with E-state index in [1.165, 1.54) is 6.92 Å². The predicted octanol–water partition coefficient (Wildman–Crippen LogP) is 2.03. The molecule has 1 aromatic rings. The lowest BCUT2D eigenvalue weighted by atomic mass is 9.94. The molecule has 0 saturated carbocycles. The lowest BCUT2D eigenvalue weighted by Crippen LogP contribution is -2.37. The van der Waals surface area contributed by atoms with Crippen LogP contribution in [0.3, 0.4) is 0 Å². The van der Waals surface area contributed by atoms with Gasteiger partial charge in [-0.15, -0.1) is 0 Å². The Balaban J connectivity index is 2.95. The minimum Gasteiger partial charge on any atom is -0.479 e. The third-order valence-electron chi connectivity index (χ3n) is 2.30. The molecule has 0 saturated heterocycles. The van der Waals surface area contributed by atoms with Gasteiger partial charge < -0.3 is 10.2 Å². The van der Waals surface area contributed by atoms with Crippen LogP contribution in [0.4, 0.5) is 0 Å². The van der Waals surface area contributed by atoms with Gasteiger partial charge in [0.15, 0.2) is 5.60 Å². The zero-order chi connectivity index (χ0) is 11.6. The van der Waals surface area contributed by atoms with E-state index in [2.05, 4.69) is 0 Å². The lowest BCUT2D eigenvalue weighted by Gasteiger charge is -2.19. The topological polar surface area (TPSA) is 57.5 Å².